The number of hydrogen-bond donors (Lipinski definition) is 2. The van der Waals surface area contributed by atoms with Crippen LogP contribution in [-0.2, 0) is 9.59 Å². The molecule has 2 aromatic rings. The summed E-state index contributed by atoms with van der Waals surface area (Å²) < 4.78 is 18.5. The van der Waals surface area contributed by atoms with Crippen LogP contribution in [0.3, 0.4) is 0 Å². The summed E-state index contributed by atoms with van der Waals surface area (Å²) in [6.45, 7) is 1.66. The van der Waals surface area contributed by atoms with Gasteiger partial charge in [0.05, 0.1) is 5.69 Å². The predicted octanol–water partition coefficient (Wildman–Crippen LogP) is 2.47. The molecular weight excluding hydrogens is 287 g/mol. The Hall–Kier alpha value is -2.89. The zero-order valence-corrected chi connectivity index (χ0v) is 11.7. The van der Waals surface area contributed by atoms with Crippen LogP contribution in [0.2, 0.25) is 0 Å². The molecule has 0 saturated carbocycles. The third-order valence-electron chi connectivity index (χ3n) is 3.31. The van der Waals surface area contributed by atoms with E-state index in [4.69, 9.17) is 4.74 Å². The first-order valence-electron chi connectivity index (χ1n) is 6.68. The second-order valence-electron chi connectivity index (χ2n) is 4.93. The SMILES string of the molecule is Cc1cc(F)ccc1NC(=O)C1Oc2ccccc2NC1=O. The molecule has 0 fully saturated rings. The highest BCUT2D eigenvalue weighted by molar-refractivity contribution is 6.15. The van der Waals surface area contributed by atoms with Crippen LogP contribution in [0.5, 0.6) is 5.75 Å². The third-order valence-corrected chi connectivity index (χ3v) is 3.31. The average molecular weight is 300 g/mol. The fourth-order valence-electron chi connectivity index (χ4n) is 2.19. The lowest BCUT2D eigenvalue weighted by Gasteiger charge is -2.25. The number of anilines is 2. The van der Waals surface area contributed by atoms with Gasteiger partial charge in [-0.1, -0.05) is 12.1 Å². The van der Waals surface area contributed by atoms with E-state index in [1.807, 2.05) is 0 Å². The first-order valence-corrected chi connectivity index (χ1v) is 6.68. The molecule has 22 heavy (non-hydrogen) atoms. The van der Waals surface area contributed by atoms with Crippen LogP contribution < -0.4 is 15.4 Å². The number of carbonyl (C=O) groups excluding carboxylic acids is 2. The summed E-state index contributed by atoms with van der Waals surface area (Å²) in [6, 6.07) is 10.8. The van der Waals surface area contributed by atoms with E-state index in [1.54, 1.807) is 31.2 Å². The Balaban J connectivity index is 1.79. The van der Waals surface area contributed by atoms with E-state index in [1.165, 1.54) is 18.2 Å². The number of para-hydroxylation sites is 2. The molecule has 2 aromatic carbocycles. The average Bonchev–Trinajstić information content (AvgIpc) is 2.49. The van der Waals surface area contributed by atoms with Crippen molar-refractivity contribution in [2.75, 3.05) is 10.6 Å². The molecule has 2 N–H and O–H groups in total. The Morgan fingerprint density at radius 1 is 1.27 bits per heavy atom. The van der Waals surface area contributed by atoms with Gasteiger partial charge in [0.1, 0.15) is 11.6 Å². The van der Waals surface area contributed by atoms with Gasteiger partial charge in [-0.25, -0.2) is 4.39 Å². The van der Waals surface area contributed by atoms with E-state index in [2.05, 4.69) is 10.6 Å². The zero-order chi connectivity index (χ0) is 15.7. The molecule has 3 rings (SSSR count). The van der Waals surface area contributed by atoms with Crippen LogP contribution in [0.15, 0.2) is 42.5 Å². The molecule has 1 atom stereocenters. The van der Waals surface area contributed by atoms with Crippen molar-refractivity contribution in [3.8, 4) is 5.75 Å². The van der Waals surface area contributed by atoms with Crippen molar-refractivity contribution in [2.45, 2.75) is 13.0 Å². The summed E-state index contributed by atoms with van der Waals surface area (Å²) in [5.41, 5.74) is 1.51. The number of hydrogen-bond acceptors (Lipinski definition) is 3. The summed E-state index contributed by atoms with van der Waals surface area (Å²) >= 11 is 0. The molecule has 0 spiro atoms. The lowest BCUT2D eigenvalue weighted by Crippen LogP contribution is -2.45. The Labute approximate surface area is 126 Å². The highest BCUT2D eigenvalue weighted by Crippen LogP contribution is 2.29. The smallest absolute Gasteiger partial charge is 0.275 e. The standard InChI is InChI=1S/C16H13FN2O3/c1-9-8-10(17)6-7-11(9)18-15(20)14-16(21)19-12-4-2-3-5-13(12)22-14/h2-8,14H,1H3,(H,18,20)(H,19,21). The zero-order valence-electron chi connectivity index (χ0n) is 11.7. The summed E-state index contributed by atoms with van der Waals surface area (Å²) in [7, 11) is 0. The molecule has 112 valence electrons. The van der Waals surface area contributed by atoms with Gasteiger partial charge in [-0.15, -0.1) is 0 Å². The van der Waals surface area contributed by atoms with Gasteiger partial charge in [0, 0.05) is 5.69 Å². The van der Waals surface area contributed by atoms with E-state index in [0.29, 0.717) is 22.7 Å². The Morgan fingerprint density at radius 3 is 2.82 bits per heavy atom. The first-order chi connectivity index (χ1) is 10.5. The normalized spacial score (nSPS) is 16.3. The molecule has 1 unspecified atom stereocenters. The number of halogens is 1. The van der Waals surface area contributed by atoms with Crippen LogP contribution in [0, 0.1) is 12.7 Å². The van der Waals surface area contributed by atoms with Crippen LogP contribution >= 0.6 is 0 Å². The second-order valence-corrected chi connectivity index (χ2v) is 4.93. The van der Waals surface area contributed by atoms with Gasteiger partial charge in [0.25, 0.3) is 17.9 Å². The van der Waals surface area contributed by atoms with Gasteiger partial charge in [0.15, 0.2) is 0 Å². The summed E-state index contributed by atoms with van der Waals surface area (Å²) in [5.74, 6) is -1.12. The van der Waals surface area contributed by atoms with Crippen molar-refractivity contribution in [2.24, 2.45) is 0 Å². The van der Waals surface area contributed by atoms with Crippen LogP contribution in [0.4, 0.5) is 15.8 Å². The van der Waals surface area contributed by atoms with E-state index < -0.39 is 23.7 Å². The van der Waals surface area contributed by atoms with Crippen molar-refractivity contribution in [1.29, 1.82) is 0 Å². The summed E-state index contributed by atoms with van der Waals surface area (Å²) in [4.78, 5) is 24.2. The topological polar surface area (TPSA) is 67.4 Å². The molecule has 0 bridgehead atoms. The van der Waals surface area contributed by atoms with E-state index in [-0.39, 0.29) is 0 Å². The Bertz CT molecular complexity index is 761. The third kappa shape index (κ3) is 2.63. The number of amides is 2. The van der Waals surface area contributed by atoms with Crippen LogP contribution in [0.25, 0.3) is 0 Å². The number of nitrogens with one attached hydrogen (secondary N) is 2. The maximum Gasteiger partial charge on any atom is 0.275 e. The predicted molar refractivity (Wildman–Crippen MR) is 79.3 cm³/mol. The highest BCUT2D eigenvalue weighted by atomic mass is 19.1. The largest absolute Gasteiger partial charge is 0.468 e. The van der Waals surface area contributed by atoms with E-state index >= 15 is 0 Å². The number of ether oxygens (including phenoxy) is 1. The maximum atomic E-state index is 13.1. The lowest BCUT2D eigenvalue weighted by atomic mass is 10.1. The maximum absolute atomic E-state index is 13.1. The monoisotopic (exact) mass is 300 g/mol. The van der Waals surface area contributed by atoms with Crippen molar-refractivity contribution in [3.05, 3.63) is 53.8 Å². The molecule has 1 aliphatic rings. The molecule has 0 aliphatic carbocycles. The van der Waals surface area contributed by atoms with E-state index in [0.717, 1.165) is 0 Å². The van der Waals surface area contributed by atoms with Gasteiger partial charge in [-0.3, -0.25) is 9.59 Å². The molecule has 0 aromatic heterocycles. The summed E-state index contributed by atoms with van der Waals surface area (Å²) in [6.07, 6.45) is -1.29. The van der Waals surface area contributed by atoms with Gasteiger partial charge in [-0.2, -0.15) is 0 Å². The molecule has 1 aliphatic heterocycles. The fourth-order valence-corrected chi connectivity index (χ4v) is 2.19. The molecule has 5 nitrogen and oxygen atoms in total. The quantitative estimate of drug-likeness (QED) is 0.837. The van der Waals surface area contributed by atoms with Gasteiger partial charge in [-0.05, 0) is 42.8 Å². The minimum absolute atomic E-state index is 0.393. The van der Waals surface area contributed by atoms with E-state index in [9.17, 15) is 14.0 Å². The number of aryl methyl sites for hydroxylation is 1. The molecule has 6 heteroatoms. The molecule has 0 radical (unpaired) electrons. The Kier molecular flexibility index (Phi) is 3.50. The van der Waals surface area contributed by atoms with Gasteiger partial charge >= 0.3 is 0 Å². The van der Waals surface area contributed by atoms with Gasteiger partial charge < -0.3 is 15.4 Å². The molecule has 1 heterocycles. The second kappa shape index (κ2) is 5.48. The van der Waals surface area contributed by atoms with Crippen LogP contribution in [-0.4, -0.2) is 17.9 Å². The molecule has 0 saturated heterocycles. The van der Waals surface area contributed by atoms with Gasteiger partial charge in [0.2, 0.25) is 0 Å². The molecular formula is C16H13FN2O3. The highest BCUT2D eigenvalue weighted by Gasteiger charge is 2.33. The number of rotatable bonds is 2. The Morgan fingerprint density at radius 2 is 2.05 bits per heavy atom. The van der Waals surface area contributed by atoms with Crippen molar-refractivity contribution >= 4 is 23.2 Å². The number of carbonyl (C=O) groups is 2. The fraction of sp³-hybridized carbons (Fsp3) is 0.125. The summed E-state index contributed by atoms with van der Waals surface area (Å²) in [5, 5.41) is 5.19. The van der Waals surface area contributed by atoms with Crippen molar-refractivity contribution in [1.82, 2.24) is 0 Å². The lowest BCUT2D eigenvalue weighted by molar-refractivity contribution is -0.133. The minimum atomic E-state index is -1.29. The number of benzene rings is 2. The van der Waals surface area contributed by atoms with Crippen LogP contribution in [0.1, 0.15) is 5.56 Å². The van der Waals surface area contributed by atoms with Crippen molar-refractivity contribution in [3.63, 3.8) is 0 Å². The molecule has 2 amide bonds. The number of fused-ring (bicyclic) bond motifs is 1. The van der Waals surface area contributed by atoms with Crippen molar-refractivity contribution < 1.29 is 18.7 Å². The first kappa shape index (κ1) is 14.1. The minimum Gasteiger partial charge on any atom is -0.468 e.